The van der Waals surface area contributed by atoms with Crippen LogP contribution in [0, 0.1) is 0 Å². The lowest BCUT2D eigenvalue weighted by atomic mass is 10.1. The van der Waals surface area contributed by atoms with Gasteiger partial charge in [0.05, 0.1) is 18.8 Å². The number of unbranched alkanes of at least 4 members (excludes halogenated alkanes) is 2. The molecule has 0 unspecified atom stereocenters. The first kappa shape index (κ1) is 16.4. The second-order valence-electron chi connectivity index (χ2n) is 5.23. The second kappa shape index (κ2) is 7.91. The van der Waals surface area contributed by atoms with E-state index in [1.54, 1.807) is 29.9 Å². The van der Waals surface area contributed by atoms with Crippen LogP contribution in [0.1, 0.15) is 36.8 Å². The molecule has 0 radical (unpaired) electrons. The number of aryl methyl sites for hydroxylation is 2. The molecule has 3 aromatic heterocycles. The van der Waals surface area contributed by atoms with Gasteiger partial charge in [-0.25, -0.2) is 0 Å². The van der Waals surface area contributed by atoms with Gasteiger partial charge < -0.3 is 0 Å². The van der Waals surface area contributed by atoms with Crippen LogP contribution in [0.3, 0.4) is 0 Å². The molecule has 3 aromatic rings. The van der Waals surface area contributed by atoms with Gasteiger partial charge in [0.2, 0.25) is 0 Å². The first-order valence-electron chi connectivity index (χ1n) is 7.36. The molecule has 0 saturated heterocycles. The fraction of sp³-hybridized carbons (Fsp3) is 0.500. The highest BCUT2D eigenvalue weighted by Crippen LogP contribution is 2.45. The molecule has 0 aliphatic rings. The summed E-state index contributed by atoms with van der Waals surface area (Å²) >= 11 is 13.0. The van der Waals surface area contributed by atoms with Crippen molar-refractivity contribution in [1.29, 1.82) is 0 Å². The van der Waals surface area contributed by atoms with Crippen molar-refractivity contribution in [3.05, 3.63) is 21.9 Å². The number of thiophene rings is 3. The number of rotatable bonds is 8. The summed E-state index contributed by atoms with van der Waals surface area (Å²) in [6, 6.07) is 0. The maximum atomic E-state index is 3.53. The van der Waals surface area contributed by atoms with Gasteiger partial charge in [0.1, 0.15) is 0 Å². The molecule has 0 N–H and O–H groups in total. The average Bonchev–Trinajstić information content (AvgIpc) is 3.13. The number of hydrogen-bond acceptors (Lipinski definition) is 3. The van der Waals surface area contributed by atoms with Gasteiger partial charge in [-0.15, -0.1) is 34.0 Å². The molecule has 0 aliphatic carbocycles. The van der Waals surface area contributed by atoms with Gasteiger partial charge in [0.25, 0.3) is 0 Å². The third kappa shape index (κ3) is 3.57. The predicted molar refractivity (Wildman–Crippen MR) is 109 cm³/mol. The summed E-state index contributed by atoms with van der Waals surface area (Å²) in [6.45, 7) is 0. The lowest BCUT2D eigenvalue weighted by Gasteiger charge is -1.97. The summed E-state index contributed by atoms with van der Waals surface area (Å²) in [4.78, 5) is 0. The minimum Gasteiger partial charge on any atom is -0.141 e. The molecular weight excluding hydrogens is 448 g/mol. The van der Waals surface area contributed by atoms with Crippen LogP contribution in [0.15, 0.2) is 10.8 Å². The van der Waals surface area contributed by atoms with Gasteiger partial charge >= 0.3 is 0 Å². The molecule has 21 heavy (non-hydrogen) atoms. The van der Waals surface area contributed by atoms with E-state index in [-0.39, 0.29) is 0 Å². The standard InChI is InChI=1S/C16H18Br2S3/c17-7-3-1-5-11-9-19-15-13(11)21-14-12(6-2-4-8-18)10-20-16(14)15/h9-10H,1-8H2. The lowest BCUT2D eigenvalue weighted by molar-refractivity contribution is 0.812. The molecule has 0 fully saturated rings. The molecule has 0 bridgehead atoms. The summed E-state index contributed by atoms with van der Waals surface area (Å²) < 4.78 is 6.22. The van der Waals surface area contributed by atoms with E-state index in [1.807, 2.05) is 34.0 Å². The number of alkyl halides is 2. The molecule has 0 atom stereocenters. The molecule has 0 amide bonds. The molecule has 0 saturated carbocycles. The lowest BCUT2D eigenvalue weighted by Crippen LogP contribution is -1.83. The minimum atomic E-state index is 1.12. The van der Waals surface area contributed by atoms with E-state index in [9.17, 15) is 0 Å². The van der Waals surface area contributed by atoms with Crippen molar-refractivity contribution in [1.82, 2.24) is 0 Å². The Balaban J connectivity index is 1.85. The summed E-state index contributed by atoms with van der Waals surface area (Å²) in [5.74, 6) is 0. The van der Waals surface area contributed by atoms with Crippen LogP contribution in [0.5, 0.6) is 0 Å². The highest BCUT2D eigenvalue weighted by molar-refractivity contribution is 9.09. The Bertz CT molecular complexity index is 649. The van der Waals surface area contributed by atoms with Crippen LogP contribution in [0.25, 0.3) is 18.8 Å². The van der Waals surface area contributed by atoms with E-state index in [4.69, 9.17) is 0 Å². The summed E-state index contributed by atoms with van der Waals surface area (Å²) in [7, 11) is 0. The van der Waals surface area contributed by atoms with Gasteiger partial charge in [-0.1, -0.05) is 31.9 Å². The van der Waals surface area contributed by atoms with Crippen LogP contribution >= 0.6 is 65.9 Å². The molecule has 5 heteroatoms. The zero-order valence-electron chi connectivity index (χ0n) is 11.8. The van der Waals surface area contributed by atoms with E-state index in [0.29, 0.717) is 0 Å². The van der Waals surface area contributed by atoms with Crippen molar-refractivity contribution < 1.29 is 0 Å². The minimum absolute atomic E-state index is 1.12. The number of fused-ring (bicyclic) bond motifs is 3. The van der Waals surface area contributed by atoms with Gasteiger partial charge in [-0.3, -0.25) is 0 Å². The van der Waals surface area contributed by atoms with Crippen molar-refractivity contribution >= 4 is 84.7 Å². The first-order valence-corrected chi connectivity index (χ1v) is 12.2. The highest BCUT2D eigenvalue weighted by atomic mass is 79.9. The fourth-order valence-electron chi connectivity index (χ4n) is 2.57. The summed E-state index contributed by atoms with van der Waals surface area (Å²) in [6.07, 6.45) is 7.60. The van der Waals surface area contributed by atoms with Crippen LogP contribution < -0.4 is 0 Å². The van der Waals surface area contributed by atoms with E-state index >= 15 is 0 Å². The van der Waals surface area contributed by atoms with E-state index in [2.05, 4.69) is 42.6 Å². The second-order valence-corrected chi connectivity index (χ2v) is 9.60. The number of halogens is 2. The van der Waals surface area contributed by atoms with Crippen molar-refractivity contribution in [2.24, 2.45) is 0 Å². The maximum absolute atomic E-state index is 3.53. The molecular formula is C16H18Br2S3. The van der Waals surface area contributed by atoms with Crippen molar-refractivity contribution in [2.75, 3.05) is 10.7 Å². The third-order valence-corrected chi connectivity index (χ3v) is 8.65. The van der Waals surface area contributed by atoms with Crippen LogP contribution in [0.2, 0.25) is 0 Å². The Morgan fingerprint density at radius 1 is 0.667 bits per heavy atom. The SMILES string of the molecule is BrCCCCc1csc2c1sc1c(CCCCBr)csc12. The molecule has 3 rings (SSSR count). The molecule has 0 aliphatic heterocycles. The van der Waals surface area contributed by atoms with Crippen molar-refractivity contribution in [3.63, 3.8) is 0 Å². The first-order chi connectivity index (χ1) is 10.3. The Kier molecular flexibility index (Phi) is 6.19. The van der Waals surface area contributed by atoms with Gasteiger partial charge in [0, 0.05) is 10.7 Å². The maximum Gasteiger partial charge on any atom is 0.0632 e. The van der Waals surface area contributed by atoms with Crippen molar-refractivity contribution in [2.45, 2.75) is 38.5 Å². The third-order valence-electron chi connectivity index (χ3n) is 3.70. The fourth-order valence-corrected chi connectivity index (χ4v) is 7.53. The Hall–Kier alpha value is 0.580. The average molecular weight is 466 g/mol. The van der Waals surface area contributed by atoms with Crippen molar-refractivity contribution in [3.8, 4) is 0 Å². The molecule has 3 heterocycles. The molecule has 0 spiro atoms. The topological polar surface area (TPSA) is 0 Å². The molecule has 0 aromatic carbocycles. The van der Waals surface area contributed by atoms with E-state index in [1.165, 1.54) is 38.5 Å². The van der Waals surface area contributed by atoms with E-state index in [0.717, 1.165) is 10.7 Å². The summed E-state index contributed by atoms with van der Waals surface area (Å²) in [5.41, 5.74) is 3.16. The smallest absolute Gasteiger partial charge is 0.0632 e. The van der Waals surface area contributed by atoms with Gasteiger partial charge in [-0.2, -0.15) is 0 Å². The Morgan fingerprint density at radius 2 is 1.14 bits per heavy atom. The zero-order valence-corrected chi connectivity index (χ0v) is 17.4. The largest absolute Gasteiger partial charge is 0.141 e. The predicted octanol–water partition coefficient (Wildman–Crippen LogP) is 7.61. The van der Waals surface area contributed by atoms with E-state index < -0.39 is 0 Å². The monoisotopic (exact) mass is 464 g/mol. The molecule has 114 valence electrons. The van der Waals surface area contributed by atoms with Gasteiger partial charge in [0.15, 0.2) is 0 Å². The van der Waals surface area contributed by atoms with Crippen LogP contribution in [0.4, 0.5) is 0 Å². The zero-order chi connectivity index (χ0) is 14.7. The quantitative estimate of drug-likeness (QED) is 0.237. The van der Waals surface area contributed by atoms with Crippen LogP contribution in [-0.4, -0.2) is 10.7 Å². The Labute approximate surface area is 154 Å². The Morgan fingerprint density at radius 3 is 1.57 bits per heavy atom. The van der Waals surface area contributed by atoms with Gasteiger partial charge in [-0.05, 0) is 60.4 Å². The highest BCUT2D eigenvalue weighted by Gasteiger charge is 2.15. The molecule has 0 nitrogen and oxygen atoms in total. The summed E-state index contributed by atoms with van der Waals surface area (Å²) in [5, 5.41) is 7.02. The normalized spacial score (nSPS) is 11.9. The van der Waals surface area contributed by atoms with Crippen LogP contribution in [-0.2, 0) is 12.8 Å². The number of hydrogen-bond donors (Lipinski definition) is 0.